The maximum atomic E-state index is 12.6. The molecular formula is C12H17BrN4O2S. The maximum Gasteiger partial charge on any atom is 0.246 e. The molecule has 0 radical (unpaired) electrons. The van der Waals surface area contributed by atoms with Crippen LogP contribution in [0.2, 0.25) is 0 Å². The molecule has 0 amide bonds. The Morgan fingerprint density at radius 2 is 2.20 bits per heavy atom. The Morgan fingerprint density at radius 3 is 2.75 bits per heavy atom. The second kappa shape index (κ2) is 7.57. The van der Waals surface area contributed by atoms with Crippen LogP contribution in [-0.4, -0.2) is 37.3 Å². The van der Waals surface area contributed by atoms with Crippen molar-refractivity contribution in [2.75, 3.05) is 25.0 Å². The number of pyridine rings is 1. The lowest BCUT2D eigenvalue weighted by Gasteiger charge is -2.21. The van der Waals surface area contributed by atoms with Crippen LogP contribution in [0.4, 0.5) is 5.82 Å². The largest absolute Gasteiger partial charge is 0.369 e. The fourth-order valence-electron chi connectivity index (χ4n) is 1.68. The van der Waals surface area contributed by atoms with Gasteiger partial charge in [-0.2, -0.15) is 9.57 Å². The first kappa shape index (κ1) is 16.9. The summed E-state index contributed by atoms with van der Waals surface area (Å²) in [6, 6.07) is 3.48. The molecule has 6 nitrogen and oxygen atoms in total. The third kappa shape index (κ3) is 3.91. The van der Waals surface area contributed by atoms with E-state index in [0.29, 0.717) is 23.4 Å². The fourth-order valence-corrected chi connectivity index (χ4v) is 3.76. The topological polar surface area (TPSA) is 86.1 Å². The summed E-state index contributed by atoms with van der Waals surface area (Å²) in [6.07, 6.45) is 1.70. The van der Waals surface area contributed by atoms with Gasteiger partial charge in [0.1, 0.15) is 10.7 Å². The molecule has 0 bridgehead atoms. The molecule has 1 rings (SSSR count). The number of aromatic nitrogens is 1. The summed E-state index contributed by atoms with van der Waals surface area (Å²) in [6.45, 7) is 4.66. The molecule has 0 saturated heterocycles. The number of hydrogen-bond donors (Lipinski definition) is 1. The van der Waals surface area contributed by atoms with E-state index in [9.17, 15) is 8.42 Å². The van der Waals surface area contributed by atoms with Crippen molar-refractivity contribution in [1.29, 1.82) is 5.26 Å². The first-order chi connectivity index (χ1) is 9.47. The third-order valence-corrected chi connectivity index (χ3v) is 5.03. The summed E-state index contributed by atoms with van der Waals surface area (Å²) in [4.78, 5) is 4.22. The Balaban J connectivity index is 3.25. The lowest BCUT2D eigenvalue weighted by atomic mass is 10.4. The molecule has 20 heavy (non-hydrogen) atoms. The van der Waals surface area contributed by atoms with Gasteiger partial charge >= 0.3 is 0 Å². The Labute approximate surface area is 128 Å². The third-order valence-electron chi connectivity index (χ3n) is 2.61. The van der Waals surface area contributed by atoms with Crippen molar-refractivity contribution < 1.29 is 8.42 Å². The number of nitrogens with one attached hydrogen (secondary N) is 1. The van der Waals surface area contributed by atoms with Crippen LogP contribution in [0.5, 0.6) is 0 Å². The monoisotopic (exact) mass is 360 g/mol. The summed E-state index contributed by atoms with van der Waals surface area (Å²) >= 11 is 3.24. The number of sulfonamides is 1. The van der Waals surface area contributed by atoms with Crippen molar-refractivity contribution in [2.24, 2.45) is 0 Å². The molecule has 1 N–H and O–H groups in total. The van der Waals surface area contributed by atoms with Gasteiger partial charge in [0.15, 0.2) is 0 Å². The van der Waals surface area contributed by atoms with E-state index in [2.05, 4.69) is 26.2 Å². The number of rotatable bonds is 7. The van der Waals surface area contributed by atoms with Gasteiger partial charge in [0.25, 0.3) is 0 Å². The van der Waals surface area contributed by atoms with E-state index in [0.717, 1.165) is 0 Å². The number of halogens is 1. The highest BCUT2D eigenvalue weighted by Crippen LogP contribution is 2.26. The first-order valence-electron chi connectivity index (χ1n) is 6.23. The van der Waals surface area contributed by atoms with Crippen molar-refractivity contribution >= 4 is 31.8 Å². The van der Waals surface area contributed by atoms with E-state index in [1.54, 1.807) is 13.1 Å². The fraction of sp³-hybridized carbons (Fsp3) is 0.500. The summed E-state index contributed by atoms with van der Waals surface area (Å²) in [5, 5.41) is 11.6. The average molecular weight is 361 g/mol. The van der Waals surface area contributed by atoms with Crippen LogP contribution in [-0.2, 0) is 10.0 Å². The minimum atomic E-state index is -3.67. The van der Waals surface area contributed by atoms with Gasteiger partial charge < -0.3 is 5.32 Å². The Kier molecular flexibility index (Phi) is 6.39. The Bertz CT molecular complexity index is 598. The predicted octanol–water partition coefficient (Wildman–Crippen LogP) is 2.20. The minimum Gasteiger partial charge on any atom is -0.369 e. The highest BCUT2D eigenvalue weighted by molar-refractivity contribution is 9.10. The normalized spacial score (nSPS) is 11.3. The van der Waals surface area contributed by atoms with Gasteiger partial charge in [-0.15, -0.1) is 0 Å². The zero-order valence-electron chi connectivity index (χ0n) is 11.4. The number of nitriles is 1. The van der Waals surface area contributed by atoms with Gasteiger partial charge in [0, 0.05) is 36.7 Å². The lowest BCUT2D eigenvalue weighted by Crippen LogP contribution is -2.32. The molecule has 0 saturated carbocycles. The smallest absolute Gasteiger partial charge is 0.246 e. The second-order valence-corrected chi connectivity index (χ2v) is 6.76. The summed E-state index contributed by atoms with van der Waals surface area (Å²) in [5.41, 5.74) is 0. The molecule has 110 valence electrons. The molecule has 1 aromatic rings. The number of nitrogens with zero attached hydrogens (tertiary/aromatic N) is 3. The Morgan fingerprint density at radius 1 is 1.50 bits per heavy atom. The number of anilines is 1. The molecule has 0 aromatic carbocycles. The van der Waals surface area contributed by atoms with Crippen LogP contribution < -0.4 is 5.32 Å². The van der Waals surface area contributed by atoms with Gasteiger partial charge in [-0.25, -0.2) is 13.4 Å². The maximum absolute atomic E-state index is 12.6. The van der Waals surface area contributed by atoms with Gasteiger partial charge in [-0.05, 0) is 28.9 Å². The molecule has 0 aliphatic heterocycles. The molecule has 0 aliphatic carbocycles. The molecule has 1 aromatic heterocycles. The van der Waals surface area contributed by atoms with Crippen LogP contribution in [0, 0.1) is 11.3 Å². The molecule has 0 aliphatic rings. The molecular weight excluding hydrogens is 344 g/mol. The minimum absolute atomic E-state index is 0.119. The van der Waals surface area contributed by atoms with Crippen LogP contribution in [0.1, 0.15) is 20.3 Å². The summed E-state index contributed by atoms with van der Waals surface area (Å²) in [5.74, 6) is 0.325. The van der Waals surface area contributed by atoms with Crippen molar-refractivity contribution in [1.82, 2.24) is 9.29 Å². The van der Waals surface area contributed by atoms with Gasteiger partial charge in [-0.3, -0.25) is 0 Å². The van der Waals surface area contributed by atoms with E-state index in [1.165, 1.54) is 10.4 Å². The van der Waals surface area contributed by atoms with E-state index in [4.69, 9.17) is 5.26 Å². The lowest BCUT2D eigenvalue weighted by molar-refractivity contribution is 0.435. The summed E-state index contributed by atoms with van der Waals surface area (Å²) in [7, 11) is -3.67. The molecule has 0 unspecified atom stereocenters. The van der Waals surface area contributed by atoms with Crippen LogP contribution >= 0.6 is 15.9 Å². The van der Waals surface area contributed by atoms with Gasteiger partial charge in [0.2, 0.25) is 10.0 Å². The van der Waals surface area contributed by atoms with Crippen LogP contribution in [0.15, 0.2) is 21.6 Å². The van der Waals surface area contributed by atoms with Crippen molar-refractivity contribution in [3.63, 3.8) is 0 Å². The van der Waals surface area contributed by atoms with E-state index in [-0.39, 0.29) is 17.9 Å². The van der Waals surface area contributed by atoms with Crippen molar-refractivity contribution in [3.05, 3.63) is 16.7 Å². The predicted molar refractivity (Wildman–Crippen MR) is 80.8 cm³/mol. The van der Waals surface area contributed by atoms with Crippen molar-refractivity contribution in [3.8, 4) is 6.07 Å². The van der Waals surface area contributed by atoms with Crippen molar-refractivity contribution in [2.45, 2.75) is 25.2 Å². The van der Waals surface area contributed by atoms with E-state index in [1.807, 2.05) is 13.0 Å². The molecule has 0 fully saturated rings. The molecule has 0 atom stereocenters. The Hall–Kier alpha value is -1.17. The quantitative estimate of drug-likeness (QED) is 0.805. The highest BCUT2D eigenvalue weighted by Gasteiger charge is 2.26. The summed E-state index contributed by atoms with van der Waals surface area (Å²) < 4.78 is 27.1. The zero-order valence-corrected chi connectivity index (χ0v) is 13.8. The van der Waals surface area contributed by atoms with Crippen LogP contribution in [0.25, 0.3) is 0 Å². The highest BCUT2D eigenvalue weighted by atomic mass is 79.9. The molecule has 8 heteroatoms. The van der Waals surface area contributed by atoms with E-state index >= 15 is 0 Å². The van der Waals surface area contributed by atoms with E-state index < -0.39 is 10.0 Å². The van der Waals surface area contributed by atoms with Gasteiger partial charge in [0.05, 0.1) is 6.07 Å². The SMILES string of the molecule is CCNc1ncc(Br)cc1S(=O)(=O)N(CC)CCC#N. The number of hydrogen-bond acceptors (Lipinski definition) is 5. The first-order valence-corrected chi connectivity index (χ1v) is 8.47. The molecule has 1 heterocycles. The average Bonchev–Trinajstić information content (AvgIpc) is 2.41. The molecule has 0 spiro atoms. The van der Waals surface area contributed by atoms with Gasteiger partial charge in [-0.1, -0.05) is 6.92 Å². The standard InChI is InChI=1S/C12H17BrN4O2S/c1-3-15-12-11(8-10(13)9-16-12)20(18,19)17(4-2)7-5-6-14/h8-9H,3-5,7H2,1-2H3,(H,15,16). The van der Waals surface area contributed by atoms with Crippen LogP contribution in [0.3, 0.4) is 0 Å². The second-order valence-electron chi connectivity index (χ2n) is 3.94. The zero-order chi connectivity index (χ0) is 15.2.